The van der Waals surface area contributed by atoms with Gasteiger partial charge in [0.05, 0.1) is 5.56 Å². The summed E-state index contributed by atoms with van der Waals surface area (Å²) in [5.41, 5.74) is 0.306. The summed E-state index contributed by atoms with van der Waals surface area (Å²) < 4.78 is 30.7. The largest absolute Gasteiger partial charge is 0.448 e. The third-order valence-electron chi connectivity index (χ3n) is 3.29. The molecular weight excluding hydrogens is 282 g/mol. The highest BCUT2D eigenvalue weighted by Gasteiger charge is 2.25. The molecule has 0 atom stereocenters. The molecule has 1 fully saturated rings. The molecule has 0 unspecified atom stereocenters. The van der Waals surface area contributed by atoms with E-state index in [2.05, 4.69) is 10.0 Å². The minimum atomic E-state index is -3.67. The van der Waals surface area contributed by atoms with Crippen LogP contribution in [0, 0.1) is 6.92 Å². The minimum Gasteiger partial charge on any atom is -0.448 e. The molecule has 1 aliphatic heterocycles. The van der Waals surface area contributed by atoms with E-state index in [9.17, 15) is 13.2 Å². The summed E-state index contributed by atoms with van der Waals surface area (Å²) in [6.07, 6.45) is 0.879. The Labute approximate surface area is 118 Å². The summed E-state index contributed by atoms with van der Waals surface area (Å²) in [5.74, 6) is 0.133. The molecule has 1 aromatic rings. The third kappa shape index (κ3) is 3.02. The maximum atomic E-state index is 12.4. The SMILES string of the molecule is CNS(=O)(=O)c1cc(C(=O)N2CCCNCC2)c(C)o1. The zero-order valence-electron chi connectivity index (χ0n) is 11.6. The van der Waals surface area contributed by atoms with E-state index in [-0.39, 0.29) is 11.0 Å². The Hall–Kier alpha value is -1.38. The minimum absolute atomic E-state index is 0.187. The number of sulfonamides is 1. The summed E-state index contributed by atoms with van der Waals surface area (Å²) in [7, 11) is -2.37. The van der Waals surface area contributed by atoms with Crippen LogP contribution < -0.4 is 10.0 Å². The molecule has 7 nitrogen and oxygen atoms in total. The number of carbonyl (C=O) groups excluding carboxylic acids is 1. The van der Waals surface area contributed by atoms with Crippen molar-refractivity contribution < 1.29 is 17.6 Å². The number of hydrogen-bond donors (Lipinski definition) is 2. The fourth-order valence-corrected chi connectivity index (χ4v) is 2.83. The molecule has 0 aliphatic carbocycles. The van der Waals surface area contributed by atoms with E-state index in [0.29, 0.717) is 24.4 Å². The Bertz CT molecular complexity index is 586. The molecule has 2 heterocycles. The molecule has 0 radical (unpaired) electrons. The summed E-state index contributed by atoms with van der Waals surface area (Å²) >= 11 is 0. The molecule has 1 amide bonds. The summed E-state index contributed by atoms with van der Waals surface area (Å²) in [6.45, 7) is 4.48. The first kappa shape index (κ1) is 15.0. The molecule has 0 spiro atoms. The van der Waals surface area contributed by atoms with Gasteiger partial charge >= 0.3 is 0 Å². The smallest absolute Gasteiger partial charge is 0.273 e. The lowest BCUT2D eigenvalue weighted by atomic mass is 10.2. The summed E-state index contributed by atoms with van der Waals surface area (Å²) in [5, 5.41) is 2.99. The van der Waals surface area contributed by atoms with Gasteiger partial charge in [-0.3, -0.25) is 4.79 Å². The summed E-state index contributed by atoms with van der Waals surface area (Å²) in [6, 6.07) is 1.29. The Morgan fingerprint density at radius 2 is 2.15 bits per heavy atom. The van der Waals surface area contributed by atoms with Crippen LogP contribution in [0.4, 0.5) is 0 Å². The number of furan rings is 1. The van der Waals surface area contributed by atoms with E-state index in [0.717, 1.165) is 19.5 Å². The molecule has 1 aliphatic rings. The second-order valence-electron chi connectivity index (χ2n) is 4.64. The molecule has 20 heavy (non-hydrogen) atoms. The average Bonchev–Trinajstić information content (AvgIpc) is 2.66. The molecule has 112 valence electrons. The van der Waals surface area contributed by atoms with Crippen molar-refractivity contribution in [1.82, 2.24) is 14.9 Å². The van der Waals surface area contributed by atoms with Crippen molar-refractivity contribution in [2.24, 2.45) is 0 Å². The predicted molar refractivity (Wildman–Crippen MR) is 73.1 cm³/mol. The van der Waals surface area contributed by atoms with Gasteiger partial charge in [0.2, 0.25) is 5.09 Å². The van der Waals surface area contributed by atoms with Gasteiger partial charge in [0, 0.05) is 25.7 Å². The first-order chi connectivity index (χ1) is 9.45. The van der Waals surface area contributed by atoms with Crippen LogP contribution in [0.1, 0.15) is 22.5 Å². The van der Waals surface area contributed by atoms with Gasteiger partial charge in [0.15, 0.2) is 0 Å². The van der Waals surface area contributed by atoms with Crippen molar-refractivity contribution in [1.29, 1.82) is 0 Å². The predicted octanol–water partition coefficient (Wildman–Crippen LogP) is -0.0684. The van der Waals surface area contributed by atoms with Gasteiger partial charge in [0.1, 0.15) is 5.76 Å². The van der Waals surface area contributed by atoms with Crippen molar-refractivity contribution in [3.8, 4) is 0 Å². The van der Waals surface area contributed by atoms with E-state index >= 15 is 0 Å². The topological polar surface area (TPSA) is 91.7 Å². The number of aryl methyl sites for hydroxylation is 1. The maximum Gasteiger partial charge on any atom is 0.273 e. The van der Waals surface area contributed by atoms with Crippen LogP contribution >= 0.6 is 0 Å². The highest BCUT2D eigenvalue weighted by molar-refractivity contribution is 7.89. The number of nitrogens with one attached hydrogen (secondary N) is 2. The van der Waals surface area contributed by atoms with Gasteiger partial charge in [-0.1, -0.05) is 0 Å². The van der Waals surface area contributed by atoms with Crippen molar-refractivity contribution in [3.05, 3.63) is 17.4 Å². The van der Waals surface area contributed by atoms with Crippen molar-refractivity contribution >= 4 is 15.9 Å². The monoisotopic (exact) mass is 301 g/mol. The van der Waals surface area contributed by atoms with E-state index in [1.54, 1.807) is 11.8 Å². The van der Waals surface area contributed by atoms with E-state index in [1.807, 2.05) is 0 Å². The van der Waals surface area contributed by atoms with Crippen LogP contribution in [0.25, 0.3) is 0 Å². The van der Waals surface area contributed by atoms with Gasteiger partial charge in [-0.05, 0) is 26.9 Å². The highest BCUT2D eigenvalue weighted by Crippen LogP contribution is 2.20. The molecule has 0 aromatic carbocycles. The quantitative estimate of drug-likeness (QED) is 0.815. The Morgan fingerprint density at radius 3 is 2.85 bits per heavy atom. The molecule has 0 saturated carbocycles. The van der Waals surface area contributed by atoms with Gasteiger partial charge in [0.25, 0.3) is 15.9 Å². The number of hydrogen-bond acceptors (Lipinski definition) is 5. The summed E-state index contributed by atoms with van der Waals surface area (Å²) in [4.78, 5) is 14.1. The Balaban J connectivity index is 2.26. The fourth-order valence-electron chi connectivity index (χ4n) is 2.12. The van der Waals surface area contributed by atoms with Gasteiger partial charge < -0.3 is 14.6 Å². The van der Waals surface area contributed by atoms with Crippen LogP contribution in [-0.2, 0) is 10.0 Å². The van der Waals surface area contributed by atoms with Crippen molar-refractivity contribution in [2.45, 2.75) is 18.4 Å². The molecule has 1 aromatic heterocycles. The average molecular weight is 301 g/mol. The Kier molecular flexibility index (Phi) is 4.46. The van der Waals surface area contributed by atoms with Crippen molar-refractivity contribution in [3.63, 3.8) is 0 Å². The molecule has 2 rings (SSSR count). The first-order valence-electron chi connectivity index (χ1n) is 6.49. The van der Waals surface area contributed by atoms with E-state index in [1.165, 1.54) is 13.1 Å². The molecular formula is C12H19N3O4S. The maximum absolute atomic E-state index is 12.4. The number of rotatable bonds is 3. The van der Waals surface area contributed by atoms with E-state index in [4.69, 9.17) is 4.42 Å². The van der Waals surface area contributed by atoms with Gasteiger partial charge in [-0.15, -0.1) is 0 Å². The van der Waals surface area contributed by atoms with Crippen LogP contribution in [-0.4, -0.2) is 52.5 Å². The standard InChI is InChI=1S/C12H19N3O4S/c1-9-10(8-11(19-9)20(17,18)13-2)12(16)15-6-3-4-14-5-7-15/h8,13-14H,3-7H2,1-2H3. The number of carbonyl (C=O) groups is 1. The molecule has 1 saturated heterocycles. The zero-order chi connectivity index (χ0) is 14.8. The van der Waals surface area contributed by atoms with Crippen molar-refractivity contribution in [2.75, 3.05) is 33.2 Å². The highest BCUT2D eigenvalue weighted by atomic mass is 32.2. The number of nitrogens with zero attached hydrogens (tertiary/aromatic N) is 1. The van der Waals surface area contributed by atoms with Gasteiger partial charge in [-0.2, -0.15) is 0 Å². The third-order valence-corrected chi connectivity index (χ3v) is 4.55. The fraction of sp³-hybridized carbons (Fsp3) is 0.583. The molecule has 8 heteroatoms. The van der Waals surface area contributed by atoms with Crippen LogP contribution in [0.2, 0.25) is 0 Å². The van der Waals surface area contributed by atoms with E-state index < -0.39 is 10.0 Å². The lowest BCUT2D eigenvalue weighted by Gasteiger charge is -2.19. The Morgan fingerprint density at radius 1 is 1.40 bits per heavy atom. The molecule has 0 bridgehead atoms. The lowest BCUT2D eigenvalue weighted by molar-refractivity contribution is 0.0764. The number of amides is 1. The molecule has 2 N–H and O–H groups in total. The zero-order valence-corrected chi connectivity index (χ0v) is 12.4. The van der Waals surface area contributed by atoms with Crippen LogP contribution in [0.15, 0.2) is 15.6 Å². The second kappa shape index (κ2) is 5.94. The van der Waals surface area contributed by atoms with Crippen LogP contribution in [0.5, 0.6) is 0 Å². The van der Waals surface area contributed by atoms with Gasteiger partial charge in [-0.25, -0.2) is 13.1 Å². The van der Waals surface area contributed by atoms with Crippen LogP contribution in [0.3, 0.4) is 0 Å². The lowest BCUT2D eigenvalue weighted by Crippen LogP contribution is -2.34. The normalized spacial score (nSPS) is 17.0. The second-order valence-corrected chi connectivity index (χ2v) is 6.46. The first-order valence-corrected chi connectivity index (χ1v) is 7.98.